The molecule has 0 N–H and O–H groups in total. The molecule has 178 valence electrons. The van der Waals surface area contributed by atoms with Crippen molar-refractivity contribution in [3.63, 3.8) is 0 Å². The van der Waals surface area contributed by atoms with Gasteiger partial charge in [0.15, 0.2) is 11.7 Å². The maximum Gasteiger partial charge on any atom is 0.266 e. The molecular formula is C24H30ClN3O4S. The maximum absolute atomic E-state index is 13.2. The quantitative estimate of drug-likeness (QED) is 0.447. The molecule has 3 aromatic rings. The molecule has 0 aliphatic carbocycles. The van der Waals surface area contributed by atoms with Gasteiger partial charge in [-0.25, -0.2) is 4.98 Å². The van der Waals surface area contributed by atoms with E-state index in [1.54, 1.807) is 29.4 Å². The molecule has 1 fully saturated rings. The van der Waals surface area contributed by atoms with Gasteiger partial charge in [-0.2, -0.15) is 0 Å². The first-order valence-corrected chi connectivity index (χ1v) is 11.7. The first-order chi connectivity index (χ1) is 15.6. The van der Waals surface area contributed by atoms with Crippen molar-refractivity contribution in [1.29, 1.82) is 0 Å². The molecule has 1 aliphatic rings. The summed E-state index contributed by atoms with van der Waals surface area (Å²) < 4.78 is 17.5. The number of carbonyl (C=O) groups is 1. The summed E-state index contributed by atoms with van der Waals surface area (Å²) >= 11 is 1.55. The largest absolute Gasteiger partial charge is 0.497 e. The van der Waals surface area contributed by atoms with E-state index in [-0.39, 0.29) is 24.9 Å². The highest BCUT2D eigenvalue weighted by atomic mass is 35.5. The fraction of sp³-hybridized carbons (Fsp3) is 0.417. The van der Waals surface area contributed by atoms with Crippen molar-refractivity contribution < 1.29 is 19.0 Å². The van der Waals surface area contributed by atoms with Crippen LogP contribution >= 0.6 is 23.7 Å². The van der Waals surface area contributed by atoms with Crippen molar-refractivity contribution in [2.45, 2.75) is 13.3 Å². The van der Waals surface area contributed by atoms with E-state index in [2.05, 4.69) is 17.9 Å². The van der Waals surface area contributed by atoms with Crippen molar-refractivity contribution in [2.24, 2.45) is 0 Å². The number of hydrogen-bond donors (Lipinski definition) is 0. The molecule has 1 aliphatic heterocycles. The molecule has 9 heteroatoms. The summed E-state index contributed by atoms with van der Waals surface area (Å²) in [5.41, 5.74) is 2.09. The van der Waals surface area contributed by atoms with Gasteiger partial charge in [-0.05, 0) is 43.2 Å². The molecule has 33 heavy (non-hydrogen) atoms. The number of hydrogen-bond acceptors (Lipinski definition) is 7. The van der Waals surface area contributed by atoms with Crippen LogP contribution in [0.5, 0.6) is 11.5 Å². The third-order valence-corrected chi connectivity index (χ3v) is 6.47. The van der Waals surface area contributed by atoms with Crippen LogP contribution in [-0.2, 0) is 9.53 Å². The number of amides is 1. The summed E-state index contributed by atoms with van der Waals surface area (Å²) in [5.74, 6) is 1.19. The molecule has 1 aromatic heterocycles. The smallest absolute Gasteiger partial charge is 0.266 e. The van der Waals surface area contributed by atoms with E-state index < -0.39 is 0 Å². The molecule has 7 nitrogen and oxygen atoms in total. The van der Waals surface area contributed by atoms with Crippen LogP contribution in [-0.4, -0.2) is 68.9 Å². The number of methoxy groups -OCH3 is 1. The van der Waals surface area contributed by atoms with Crippen LogP contribution in [0.15, 0.2) is 42.5 Å². The first kappa shape index (κ1) is 25.2. The zero-order valence-electron chi connectivity index (χ0n) is 19.0. The van der Waals surface area contributed by atoms with Gasteiger partial charge in [0.25, 0.3) is 5.91 Å². The van der Waals surface area contributed by atoms with Crippen LogP contribution in [0.1, 0.15) is 12.0 Å². The Kier molecular flexibility index (Phi) is 9.31. The Balaban J connectivity index is 0.00000306. The Morgan fingerprint density at radius 3 is 2.76 bits per heavy atom. The second-order valence-electron chi connectivity index (χ2n) is 7.79. The molecule has 2 aromatic carbocycles. The highest BCUT2D eigenvalue weighted by molar-refractivity contribution is 7.22. The summed E-state index contributed by atoms with van der Waals surface area (Å²) in [6.45, 7) is 6.94. The zero-order chi connectivity index (χ0) is 22.3. The van der Waals surface area contributed by atoms with Gasteiger partial charge in [0.05, 0.1) is 30.5 Å². The second kappa shape index (κ2) is 12.2. The fourth-order valence-corrected chi connectivity index (χ4v) is 4.76. The lowest BCUT2D eigenvalue weighted by Gasteiger charge is -2.27. The fourth-order valence-electron chi connectivity index (χ4n) is 3.65. The van der Waals surface area contributed by atoms with Gasteiger partial charge in [0, 0.05) is 32.2 Å². The van der Waals surface area contributed by atoms with Gasteiger partial charge in [-0.1, -0.05) is 23.5 Å². The van der Waals surface area contributed by atoms with Gasteiger partial charge in [0.2, 0.25) is 0 Å². The lowest BCUT2D eigenvalue weighted by Crippen LogP contribution is -2.40. The van der Waals surface area contributed by atoms with Gasteiger partial charge < -0.3 is 14.2 Å². The third-order valence-electron chi connectivity index (χ3n) is 5.43. The number of anilines is 1. The summed E-state index contributed by atoms with van der Waals surface area (Å²) in [6, 6.07) is 13.4. The van der Waals surface area contributed by atoms with Crippen molar-refractivity contribution in [2.75, 3.05) is 58.0 Å². The van der Waals surface area contributed by atoms with Crippen molar-refractivity contribution in [3.05, 3.63) is 48.0 Å². The number of rotatable bonds is 9. The molecule has 0 unspecified atom stereocenters. The van der Waals surface area contributed by atoms with Crippen LogP contribution in [0.2, 0.25) is 0 Å². The Hall–Kier alpha value is -2.39. The summed E-state index contributed by atoms with van der Waals surface area (Å²) in [6.07, 6.45) is 0.861. The lowest BCUT2D eigenvalue weighted by molar-refractivity contribution is -0.120. The van der Waals surface area contributed by atoms with Crippen molar-refractivity contribution in [3.8, 4) is 11.5 Å². The summed E-state index contributed by atoms with van der Waals surface area (Å²) in [4.78, 5) is 22.1. The molecule has 0 saturated carbocycles. The minimum Gasteiger partial charge on any atom is -0.497 e. The number of halogens is 1. The Morgan fingerprint density at radius 1 is 1.18 bits per heavy atom. The number of ether oxygens (including phenoxy) is 3. The third kappa shape index (κ3) is 6.80. The standard InChI is InChI=1S/C24H29N3O4S.ClH/c1-18-7-8-21-22(15-18)32-24(25-21)27(10-4-9-26-11-13-30-14-12-26)23(28)17-31-20-6-3-5-19(16-20)29-2;/h3,5-8,15-16H,4,9-14,17H2,1-2H3;1H. The SMILES string of the molecule is COc1cccc(OCC(=O)N(CCCN2CCOCC2)c2nc3ccc(C)cc3s2)c1.Cl. The number of aromatic nitrogens is 1. The van der Waals surface area contributed by atoms with E-state index in [0.717, 1.165) is 49.5 Å². The molecular weight excluding hydrogens is 462 g/mol. The van der Waals surface area contributed by atoms with Crippen LogP contribution < -0.4 is 14.4 Å². The average Bonchev–Trinajstić information content (AvgIpc) is 3.24. The van der Waals surface area contributed by atoms with Crippen LogP contribution in [0.25, 0.3) is 10.2 Å². The lowest BCUT2D eigenvalue weighted by atomic mass is 10.2. The van der Waals surface area contributed by atoms with Crippen molar-refractivity contribution >= 4 is 45.0 Å². The number of nitrogens with zero attached hydrogens (tertiary/aromatic N) is 3. The van der Waals surface area contributed by atoms with Gasteiger partial charge in [-0.3, -0.25) is 14.6 Å². The van der Waals surface area contributed by atoms with E-state index >= 15 is 0 Å². The average molecular weight is 492 g/mol. The van der Waals surface area contributed by atoms with E-state index in [1.807, 2.05) is 30.3 Å². The van der Waals surface area contributed by atoms with Crippen LogP contribution in [0, 0.1) is 6.92 Å². The van der Waals surface area contributed by atoms with E-state index in [4.69, 9.17) is 19.2 Å². The summed E-state index contributed by atoms with van der Waals surface area (Å²) in [5, 5.41) is 0.715. The Labute approximate surface area is 204 Å². The van der Waals surface area contributed by atoms with E-state index in [9.17, 15) is 4.79 Å². The Morgan fingerprint density at radius 2 is 1.97 bits per heavy atom. The molecule has 4 rings (SSSR count). The maximum atomic E-state index is 13.2. The predicted octanol–water partition coefficient (Wildman–Crippen LogP) is 4.17. The topological polar surface area (TPSA) is 64.1 Å². The molecule has 0 spiro atoms. The van der Waals surface area contributed by atoms with Gasteiger partial charge in [0.1, 0.15) is 11.5 Å². The number of thiazole rings is 1. The number of morpholine rings is 1. The minimum absolute atomic E-state index is 0. The van der Waals surface area contributed by atoms with Crippen molar-refractivity contribution in [1.82, 2.24) is 9.88 Å². The van der Waals surface area contributed by atoms with Gasteiger partial charge in [-0.15, -0.1) is 12.4 Å². The molecule has 0 radical (unpaired) electrons. The molecule has 2 heterocycles. The summed E-state index contributed by atoms with van der Waals surface area (Å²) in [7, 11) is 1.61. The molecule has 1 saturated heterocycles. The number of benzene rings is 2. The highest BCUT2D eigenvalue weighted by Gasteiger charge is 2.21. The highest BCUT2D eigenvalue weighted by Crippen LogP contribution is 2.30. The van der Waals surface area contributed by atoms with E-state index in [1.165, 1.54) is 5.56 Å². The molecule has 1 amide bonds. The van der Waals surface area contributed by atoms with Crippen LogP contribution in [0.3, 0.4) is 0 Å². The van der Waals surface area contributed by atoms with Crippen LogP contribution in [0.4, 0.5) is 5.13 Å². The first-order valence-electron chi connectivity index (χ1n) is 10.9. The molecule has 0 bridgehead atoms. The zero-order valence-corrected chi connectivity index (χ0v) is 20.6. The Bertz CT molecular complexity index is 1060. The predicted molar refractivity (Wildman–Crippen MR) is 134 cm³/mol. The van der Waals surface area contributed by atoms with Gasteiger partial charge >= 0.3 is 0 Å². The van der Waals surface area contributed by atoms with E-state index in [0.29, 0.717) is 23.2 Å². The number of fused-ring (bicyclic) bond motifs is 1. The molecule has 0 atom stereocenters. The second-order valence-corrected chi connectivity index (χ2v) is 8.80. The number of aryl methyl sites for hydroxylation is 1. The monoisotopic (exact) mass is 491 g/mol. The normalized spacial score (nSPS) is 14.0. The minimum atomic E-state index is -0.106. The number of carbonyl (C=O) groups excluding carboxylic acids is 1.